The Hall–Kier alpha value is -1.87. The van der Waals surface area contributed by atoms with Crippen LogP contribution in [0.3, 0.4) is 0 Å². The molecule has 3 heteroatoms. The fourth-order valence-corrected chi connectivity index (χ4v) is 3.01. The van der Waals surface area contributed by atoms with Gasteiger partial charge in [0.2, 0.25) is 0 Å². The fourth-order valence-electron chi connectivity index (χ4n) is 2.27. The van der Waals surface area contributed by atoms with Crippen molar-refractivity contribution in [2.45, 2.75) is 26.3 Å². The lowest BCUT2D eigenvalue weighted by Crippen LogP contribution is -2.00. The second kappa shape index (κ2) is 5.63. The summed E-state index contributed by atoms with van der Waals surface area (Å²) in [5.74, 6) is 1.63. The van der Waals surface area contributed by atoms with E-state index in [1.165, 1.54) is 16.0 Å². The number of hydrogen-bond donors (Lipinski definition) is 0. The van der Waals surface area contributed by atoms with Crippen molar-refractivity contribution in [2.75, 3.05) is 0 Å². The first-order chi connectivity index (χ1) is 9.74. The molecule has 3 aromatic rings. The molecular formula is C17H18N2S. The first-order valence-electron chi connectivity index (χ1n) is 6.88. The molecule has 20 heavy (non-hydrogen) atoms. The molecule has 0 atom stereocenters. The van der Waals surface area contributed by atoms with Crippen molar-refractivity contribution in [3.05, 3.63) is 65.3 Å². The fraction of sp³-hybridized carbons (Fsp3) is 0.235. The van der Waals surface area contributed by atoms with Gasteiger partial charge in [-0.3, -0.25) is 0 Å². The van der Waals surface area contributed by atoms with Crippen LogP contribution in [0.25, 0.3) is 10.7 Å². The van der Waals surface area contributed by atoms with Crippen LogP contribution in [-0.4, -0.2) is 9.55 Å². The predicted molar refractivity (Wildman–Crippen MR) is 85.2 cm³/mol. The average Bonchev–Trinajstić information content (AvgIpc) is 3.09. The van der Waals surface area contributed by atoms with Gasteiger partial charge in [0.1, 0.15) is 5.82 Å². The Kier molecular flexibility index (Phi) is 3.70. The van der Waals surface area contributed by atoms with E-state index in [4.69, 9.17) is 0 Å². The van der Waals surface area contributed by atoms with Gasteiger partial charge >= 0.3 is 0 Å². The topological polar surface area (TPSA) is 17.8 Å². The lowest BCUT2D eigenvalue weighted by Gasteiger charge is -2.09. The Balaban J connectivity index is 1.83. The van der Waals surface area contributed by atoms with E-state index in [1.807, 2.05) is 12.4 Å². The van der Waals surface area contributed by atoms with Crippen molar-refractivity contribution in [2.24, 2.45) is 0 Å². The Morgan fingerprint density at radius 2 is 1.95 bits per heavy atom. The molecule has 0 N–H and O–H groups in total. The Morgan fingerprint density at radius 3 is 2.60 bits per heavy atom. The summed E-state index contributed by atoms with van der Waals surface area (Å²) in [6.45, 7) is 5.31. The number of aromatic nitrogens is 2. The van der Waals surface area contributed by atoms with Gasteiger partial charge in [0.15, 0.2) is 0 Å². The molecule has 1 aromatic carbocycles. The van der Waals surface area contributed by atoms with Crippen LogP contribution in [0.2, 0.25) is 0 Å². The van der Waals surface area contributed by atoms with Gasteiger partial charge in [0.05, 0.1) is 4.88 Å². The minimum absolute atomic E-state index is 0.582. The average molecular weight is 282 g/mol. The highest BCUT2D eigenvalue weighted by molar-refractivity contribution is 7.13. The molecule has 0 saturated carbocycles. The predicted octanol–water partition coefficient (Wildman–Crippen LogP) is 4.78. The van der Waals surface area contributed by atoms with E-state index in [1.54, 1.807) is 11.3 Å². The van der Waals surface area contributed by atoms with E-state index in [0.717, 1.165) is 12.4 Å². The van der Waals surface area contributed by atoms with Crippen LogP contribution in [0.5, 0.6) is 0 Å². The smallest absolute Gasteiger partial charge is 0.150 e. The minimum atomic E-state index is 0.582. The third-order valence-electron chi connectivity index (χ3n) is 3.46. The number of hydrogen-bond acceptors (Lipinski definition) is 2. The second-order valence-electron chi connectivity index (χ2n) is 5.25. The van der Waals surface area contributed by atoms with Crippen molar-refractivity contribution in [1.29, 1.82) is 0 Å². The van der Waals surface area contributed by atoms with Crippen LogP contribution in [0, 0.1) is 0 Å². The summed E-state index contributed by atoms with van der Waals surface area (Å²) in [4.78, 5) is 5.69. The quantitative estimate of drug-likeness (QED) is 0.673. The zero-order valence-corrected chi connectivity index (χ0v) is 12.6. The largest absolute Gasteiger partial charge is 0.326 e. The lowest BCUT2D eigenvalue weighted by molar-refractivity contribution is 0.804. The number of imidazole rings is 1. The van der Waals surface area contributed by atoms with Crippen LogP contribution in [0.15, 0.2) is 54.2 Å². The van der Waals surface area contributed by atoms with Crippen molar-refractivity contribution < 1.29 is 0 Å². The molecule has 0 spiro atoms. The van der Waals surface area contributed by atoms with Gasteiger partial charge in [-0.2, -0.15) is 0 Å². The minimum Gasteiger partial charge on any atom is -0.326 e. The number of nitrogens with zero attached hydrogens (tertiary/aromatic N) is 2. The van der Waals surface area contributed by atoms with Gasteiger partial charge in [-0.1, -0.05) is 44.2 Å². The molecule has 2 heterocycles. The molecule has 2 aromatic heterocycles. The highest BCUT2D eigenvalue weighted by atomic mass is 32.1. The molecule has 0 aliphatic rings. The molecule has 0 aliphatic heterocycles. The van der Waals surface area contributed by atoms with Crippen LogP contribution < -0.4 is 0 Å². The monoisotopic (exact) mass is 282 g/mol. The summed E-state index contributed by atoms with van der Waals surface area (Å²) in [7, 11) is 0. The van der Waals surface area contributed by atoms with Gasteiger partial charge in [0.25, 0.3) is 0 Å². The normalized spacial score (nSPS) is 11.2. The van der Waals surface area contributed by atoms with Crippen molar-refractivity contribution >= 4 is 11.3 Å². The number of thiophene rings is 1. The molecular weight excluding hydrogens is 264 g/mol. The van der Waals surface area contributed by atoms with Gasteiger partial charge < -0.3 is 4.57 Å². The molecule has 0 aliphatic carbocycles. The number of benzene rings is 1. The maximum Gasteiger partial charge on any atom is 0.150 e. The molecule has 102 valence electrons. The lowest BCUT2D eigenvalue weighted by atomic mass is 10.0. The van der Waals surface area contributed by atoms with Crippen LogP contribution in [-0.2, 0) is 6.54 Å². The van der Waals surface area contributed by atoms with E-state index in [2.05, 4.69) is 65.2 Å². The Labute approximate surface area is 123 Å². The maximum absolute atomic E-state index is 4.47. The Bertz CT molecular complexity index is 663. The van der Waals surface area contributed by atoms with E-state index < -0.39 is 0 Å². The summed E-state index contributed by atoms with van der Waals surface area (Å²) in [6, 6.07) is 13.1. The summed E-state index contributed by atoms with van der Waals surface area (Å²) in [6.07, 6.45) is 3.92. The molecule has 0 fully saturated rings. The van der Waals surface area contributed by atoms with E-state index in [9.17, 15) is 0 Å². The first kappa shape index (κ1) is 13.1. The Morgan fingerprint density at radius 1 is 1.15 bits per heavy atom. The first-order valence-corrected chi connectivity index (χ1v) is 7.76. The molecule has 0 unspecified atom stereocenters. The van der Waals surface area contributed by atoms with E-state index >= 15 is 0 Å². The second-order valence-corrected chi connectivity index (χ2v) is 6.20. The highest BCUT2D eigenvalue weighted by Gasteiger charge is 2.07. The maximum atomic E-state index is 4.47. The zero-order valence-electron chi connectivity index (χ0n) is 11.8. The molecule has 0 radical (unpaired) electrons. The third-order valence-corrected chi connectivity index (χ3v) is 4.32. The molecule has 0 saturated heterocycles. The van der Waals surface area contributed by atoms with E-state index in [-0.39, 0.29) is 0 Å². The summed E-state index contributed by atoms with van der Waals surface area (Å²) >= 11 is 1.73. The third kappa shape index (κ3) is 2.68. The number of rotatable bonds is 4. The van der Waals surface area contributed by atoms with Crippen LogP contribution in [0.1, 0.15) is 30.9 Å². The molecule has 2 nitrogen and oxygen atoms in total. The van der Waals surface area contributed by atoms with E-state index in [0.29, 0.717) is 5.92 Å². The summed E-state index contributed by atoms with van der Waals surface area (Å²) in [5, 5.41) is 2.09. The van der Waals surface area contributed by atoms with Crippen LogP contribution >= 0.6 is 11.3 Å². The van der Waals surface area contributed by atoms with Gasteiger partial charge in [-0.15, -0.1) is 11.3 Å². The van der Waals surface area contributed by atoms with Crippen molar-refractivity contribution in [1.82, 2.24) is 9.55 Å². The van der Waals surface area contributed by atoms with Gasteiger partial charge in [0, 0.05) is 18.9 Å². The zero-order chi connectivity index (χ0) is 13.9. The summed E-state index contributed by atoms with van der Waals surface area (Å²) < 4.78 is 2.20. The molecule has 0 bridgehead atoms. The standard InChI is InChI=1S/C17H18N2S/c1-13(2)15-7-5-14(6-8-15)12-19-10-9-18-17(19)16-4-3-11-20-16/h3-11,13H,12H2,1-2H3. The van der Waals surface area contributed by atoms with Crippen LogP contribution in [0.4, 0.5) is 0 Å². The molecule has 0 amide bonds. The highest BCUT2D eigenvalue weighted by Crippen LogP contribution is 2.24. The summed E-state index contributed by atoms with van der Waals surface area (Å²) in [5.41, 5.74) is 2.70. The SMILES string of the molecule is CC(C)c1ccc(Cn2ccnc2-c2cccs2)cc1. The van der Waals surface area contributed by atoms with Gasteiger partial charge in [-0.25, -0.2) is 4.98 Å². The van der Waals surface area contributed by atoms with Gasteiger partial charge in [-0.05, 0) is 28.5 Å². The van der Waals surface area contributed by atoms with Crippen molar-refractivity contribution in [3.8, 4) is 10.7 Å². The van der Waals surface area contributed by atoms with Crippen molar-refractivity contribution in [3.63, 3.8) is 0 Å². The molecule has 3 rings (SSSR count).